The summed E-state index contributed by atoms with van der Waals surface area (Å²) in [6.07, 6.45) is 6.68. The highest BCUT2D eigenvalue weighted by molar-refractivity contribution is 5.90. The first-order valence-corrected chi connectivity index (χ1v) is 7.03. The Hall–Kier alpha value is -2.40. The first-order valence-electron chi connectivity index (χ1n) is 7.03. The van der Waals surface area contributed by atoms with Crippen LogP contribution in [0.2, 0.25) is 0 Å². The number of carbonyl (C=O) groups is 1. The highest BCUT2D eigenvalue weighted by Gasteiger charge is 2.36. The average molecular weight is 301 g/mol. The van der Waals surface area contributed by atoms with Crippen LogP contribution >= 0.6 is 0 Å². The maximum absolute atomic E-state index is 12.2. The Morgan fingerprint density at radius 1 is 1.45 bits per heavy atom. The molecule has 1 aliphatic rings. The molecular weight excluding hydrogens is 278 g/mol. The summed E-state index contributed by atoms with van der Waals surface area (Å²) in [6, 6.07) is 7.64. The average Bonchev–Trinajstić information content (AvgIpc) is 3.39. The van der Waals surface area contributed by atoms with E-state index in [2.05, 4.69) is 17.6 Å². The van der Waals surface area contributed by atoms with Crippen molar-refractivity contribution in [1.82, 2.24) is 5.32 Å². The zero-order valence-corrected chi connectivity index (χ0v) is 13.0. The number of hydrogen-bond donors (Lipinski definition) is 3. The van der Waals surface area contributed by atoms with Crippen molar-refractivity contribution in [3.8, 4) is 5.75 Å². The highest BCUT2D eigenvalue weighted by Crippen LogP contribution is 2.39. The van der Waals surface area contributed by atoms with Crippen LogP contribution in [0.15, 0.2) is 49.1 Å². The molecule has 0 saturated heterocycles. The Morgan fingerprint density at radius 2 is 2.14 bits per heavy atom. The van der Waals surface area contributed by atoms with Gasteiger partial charge in [0.1, 0.15) is 5.75 Å². The molecule has 0 spiro atoms. The molecule has 5 nitrogen and oxygen atoms in total. The molecule has 5 heteroatoms. The van der Waals surface area contributed by atoms with E-state index in [9.17, 15) is 4.79 Å². The number of ether oxygens (including phenoxy) is 1. The first kappa shape index (κ1) is 17.7. The molecule has 0 bridgehead atoms. The number of allylic oxidation sites excluding steroid dienone is 3. The molecule has 0 aliphatic heterocycles. The minimum atomic E-state index is -0.277. The number of hydrogen-bond acceptors (Lipinski definition) is 4. The molecule has 1 amide bonds. The molecule has 118 valence electrons. The molecule has 0 saturated carbocycles. The van der Waals surface area contributed by atoms with E-state index in [1.165, 1.54) is 7.05 Å². The van der Waals surface area contributed by atoms with Crippen molar-refractivity contribution >= 4 is 12.2 Å². The summed E-state index contributed by atoms with van der Waals surface area (Å²) in [5.74, 6) is 0.322. The number of methoxy groups -OCH3 is 1. The zero-order valence-electron chi connectivity index (χ0n) is 13.0. The quantitative estimate of drug-likeness (QED) is 0.409. The highest BCUT2D eigenvalue weighted by atomic mass is 16.5. The zero-order chi connectivity index (χ0) is 16.5. The van der Waals surface area contributed by atoms with Crippen LogP contribution in [0.25, 0.3) is 0 Å². The van der Waals surface area contributed by atoms with Crippen LogP contribution in [0.1, 0.15) is 11.5 Å². The van der Waals surface area contributed by atoms with Crippen molar-refractivity contribution in [2.75, 3.05) is 14.2 Å². The van der Waals surface area contributed by atoms with Crippen LogP contribution in [0.4, 0.5) is 0 Å². The molecule has 4 N–H and O–H groups in total. The summed E-state index contributed by atoms with van der Waals surface area (Å²) in [5, 5.41) is 9.49. The molecule has 2 atom stereocenters. The van der Waals surface area contributed by atoms with Crippen LogP contribution in [-0.4, -0.2) is 26.4 Å². The summed E-state index contributed by atoms with van der Waals surface area (Å²) in [4.78, 5) is 12.2. The van der Waals surface area contributed by atoms with E-state index in [-0.39, 0.29) is 23.7 Å². The lowest BCUT2D eigenvalue weighted by molar-refractivity contribution is -0.124. The van der Waals surface area contributed by atoms with Gasteiger partial charge in [-0.25, -0.2) is 0 Å². The maximum Gasteiger partial charge on any atom is 0.230 e. The normalized spacial score (nSPS) is 14.9. The topological polar surface area (TPSA) is 88.2 Å². The van der Waals surface area contributed by atoms with E-state index in [1.54, 1.807) is 13.2 Å². The fraction of sp³-hybridized carbons (Fsp3) is 0.294. The lowest BCUT2D eigenvalue weighted by atomic mass is 9.81. The van der Waals surface area contributed by atoms with Gasteiger partial charge in [0.05, 0.1) is 19.4 Å². The van der Waals surface area contributed by atoms with Gasteiger partial charge in [-0.3, -0.25) is 10.2 Å². The first-order chi connectivity index (χ1) is 10.7. The van der Waals surface area contributed by atoms with Crippen LogP contribution in [0, 0.1) is 17.2 Å². The second-order valence-electron chi connectivity index (χ2n) is 4.68. The summed E-state index contributed by atoms with van der Waals surface area (Å²) < 4.78 is 5.23. The lowest BCUT2D eigenvalue weighted by Crippen LogP contribution is -2.34. The van der Waals surface area contributed by atoms with E-state index in [0.29, 0.717) is 0 Å². The van der Waals surface area contributed by atoms with E-state index < -0.39 is 0 Å². The van der Waals surface area contributed by atoms with E-state index >= 15 is 0 Å². The number of nitrogens with one attached hydrogen (secondary N) is 2. The van der Waals surface area contributed by atoms with Gasteiger partial charge in [0.15, 0.2) is 0 Å². The third-order valence-corrected chi connectivity index (χ3v) is 3.47. The van der Waals surface area contributed by atoms with Crippen LogP contribution in [-0.2, 0) is 4.79 Å². The number of carbonyl (C=O) groups excluding carboxylic acids is 1. The number of amides is 1. The number of rotatable bonds is 7. The van der Waals surface area contributed by atoms with Gasteiger partial charge in [0.25, 0.3) is 0 Å². The predicted molar refractivity (Wildman–Crippen MR) is 89.1 cm³/mol. The molecule has 0 radical (unpaired) electrons. The van der Waals surface area contributed by atoms with Crippen LogP contribution in [0.5, 0.6) is 5.75 Å². The minimum absolute atomic E-state index is 0.120. The van der Waals surface area contributed by atoms with Gasteiger partial charge in [-0.2, -0.15) is 0 Å². The Kier molecular flexibility index (Phi) is 7.05. The molecule has 0 aromatic heterocycles. The monoisotopic (exact) mass is 301 g/mol. The van der Waals surface area contributed by atoms with Crippen molar-refractivity contribution < 1.29 is 9.53 Å². The molecule has 2 rings (SSSR count). The summed E-state index contributed by atoms with van der Waals surface area (Å²) in [5.41, 5.74) is 5.48. The Labute approximate surface area is 131 Å². The van der Waals surface area contributed by atoms with Crippen molar-refractivity contribution in [2.24, 2.45) is 17.6 Å². The smallest absolute Gasteiger partial charge is 0.230 e. The summed E-state index contributed by atoms with van der Waals surface area (Å²) >= 11 is 0. The molecular formula is C17H23N3O2. The predicted octanol–water partition coefficient (Wildman–Crippen LogP) is 2.07. The molecule has 1 unspecified atom stereocenters. The second-order valence-corrected chi connectivity index (χ2v) is 4.68. The number of benzene rings is 1. The lowest BCUT2D eigenvalue weighted by Gasteiger charge is -2.24. The second kappa shape index (κ2) is 8.79. The van der Waals surface area contributed by atoms with Gasteiger partial charge in [-0.1, -0.05) is 30.4 Å². The Bertz CT molecular complexity index is 549. The number of nitrogens with two attached hydrogens (primary N) is 1. The molecule has 0 fully saturated rings. The van der Waals surface area contributed by atoms with Crippen molar-refractivity contribution in [3.05, 3.63) is 54.6 Å². The van der Waals surface area contributed by atoms with Crippen molar-refractivity contribution in [3.63, 3.8) is 0 Å². The fourth-order valence-electron chi connectivity index (χ4n) is 2.39. The third-order valence-electron chi connectivity index (χ3n) is 3.47. The fourth-order valence-corrected chi connectivity index (χ4v) is 2.39. The molecule has 1 aromatic rings. The van der Waals surface area contributed by atoms with Crippen LogP contribution in [0.3, 0.4) is 0 Å². The SMILES string of the molecule is C=C[C@H](c1cccc(OC)c1)C(C(=O)NC=N)C1C=C1.CN. The van der Waals surface area contributed by atoms with Gasteiger partial charge in [0.2, 0.25) is 5.91 Å². The summed E-state index contributed by atoms with van der Waals surface area (Å²) in [6.45, 7) is 3.86. The van der Waals surface area contributed by atoms with Gasteiger partial charge >= 0.3 is 0 Å². The molecule has 1 aliphatic carbocycles. The van der Waals surface area contributed by atoms with Gasteiger partial charge in [0, 0.05) is 11.8 Å². The van der Waals surface area contributed by atoms with Gasteiger partial charge in [-0.15, -0.1) is 6.58 Å². The standard InChI is InChI=1S/C16H18N2O2.CH5N/c1-3-14(12-5-4-6-13(9-12)20-2)15(11-7-8-11)16(19)18-10-17;1-2/h3-11,14-15H,1H2,2H3,(H2,17,18,19);2H2,1H3/t14-,15?;/m1./s1. The molecule has 22 heavy (non-hydrogen) atoms. The van der Waals surface area contributed by atoms with Crippen molar-refractivity contribution in [1.29, 1.82) is 5.41 Å². The van der Waals surface area contributed by atoms with Gasteiger partial charge < -0.3 is 15.8 Å². The van der Waals surface area contributed by atoms with Crippen LogP contribution < -0.4 is 15.8 Å². The Balaban J connectivity index is 0.00000116. The molecule has 1 aromatic carbocycles. The van der Waals surface area contributed by atoms with E-state index in [4.69, 9.17) is 10.1 Å². The van der Waals surface area contributed by atoms with Crippen molar-refractivity contribution in [2.45, 2.75) is 5.92 Å². The van der Waals surface area contributed by atoms with E-state index in [0.717, 1.165) is 17.7 Å². The third kappa shape index (κ3) is 4.30. The van der Waals surface area contributed by atoms with Gasteiger partial charge in [-0.05, 0) is 24.7 Å². The maximum atomic E-state index is 12.2. The Morgan fingerprint density at radius 3 is 2.64 bits per heavy atom. The largest absolute Gasteiger partial charge is 0.497 e. The minimum Gasteiger partial charge on any atom is -0.497 e. The molecule has 0 heterocycles. The summed E-state index contributed by atoms with van der Waals surface area (Å²) in [7, 11) is 3.11. The van der Waals surface area contributed by atoms with E-state index in [1.807, 2.05) is 36.4 Å².